The first kappa shape index (κ1) is 20.4. The van der Waals surface area contributed by atoms with E-state index in [2.05, 4.69) is 4.98 Å². The number of pyridine rings is 1. The Kier molecular flexibility index (Phi) is 6.87. The first-order valence-electron chi connectivity index (χ1n) is 8.53. The van der Waals surface area contributed by atoms with Crippen LogP contribution >= 0.6 is 0 Å². The number of rotatable bonds is 8. The Hall–Kier alpha value is -2.96. The summed E-state index contributed by atoms with van der Waals surface area (Å²) < 4.78 is 23.3. The minimum atomic E-state index is -0.535. The van der Waals surface area contributed by atoms with Crippen LogP contribution in [0, 0.1) is 5.82 Å². The van der Waals surface area contributed by atoms with E-state index in [1.807, 2.05) is 6.92 Å². The van der Waals surface area contributed by atoms with Crippen LogP contribution in [0.3, 0.4) is 0 Å². The Bertz CT molecular complexity index is 807. The van der Waals surface area contributed by atoms with Gasteiger partial charge < -0.3 is 14.6 Å². The van der Waals surface area contributed by atoms with Gasteiger partial charge in [-0.3, -0.25) is 9.59 Å². The molecule has 2 rings (SSSR count). The monoisotopic (exact) mass is 375 g/mol. The smallest absolute Gasteiger partial charge is 0.306 e. The zero-order chi connectivity index (χ0) is 20.0. The van der Waals surface area contributed by atoms with Gasteiger partial charge in [-0.25, -0.2) is 9.37 Å². The van der Waals surface area contributed by atoms with Gasteiger partial charge in [0.2, 0.25) is 0 Å². The third-order valence-electron chi connectivity index (χ3n) is 4.34. The zero-order valence-corrected chi connectivity index (χ0v) is 15.4. The summed E-state index contributed by atoms with van der Waals surface area (Å²) >= 11 is 0. The van der Waals surface area contributed by atoms with Gasteiger partial charge in [-0.05, 0) is 24.6 Å². The second-order valence-corrected chi connectivity index (χ2v) is 6.17. The normalized spacial score (nSPS) is 12.9. The molecule has 1 aromatic heterocycles. The van der Waals surface area contributed by atoms with Crippen molar-refractivity contribution >= 4 is 11.8 Å². The van der Waals surface area contributed by atoms with E-state index in [0.29, 0.717) is 0 Å². The van der Waals surface area contributed by atoms with Crippen molar-refractivity contribution in [2.24, 2.45) is 0 Å². The average Bonchev–Trinajstić information content (AvgIpc) is 2.66. The lowest BCUT2D eigenvalue weighted by molar-refractivity contribution is -0.149. The summed E-state index contributed by atoms with van der Waals surface area (Å²) in [5.74, 6) is -1.69. The van der Waals surface area contributed by atoms with Crippen molar-refractivity contribution in [2.75, 3.05) is 7.11 Å². The molecule has 0 amide bonds. The Labute approximate surface area is 157 Å². The first-order chi connectivity index (χ1) is 12.8. The second kappa shape index (κ2) is 9.12. The van der Waals surface area contributed by atoms with Crippen LogP contribution in [0.15, 0.2) is 36.5 Å². The average molecular weight is 375 g/mol. The predicted molar refractivity (Wildman–Crippen MR) is 96.4 cm³/mol. The number of nitrogens with zero attached hydrogens (tertiary/aromatic N) is 1. The zero-order valence-electron chi connectivity index (χ0n) is 15.4. The number of hydrogen-bond donors (Lipinski definition) is 1. The van der Waals surface area contributed by atoms with Crippen molar-refractivity contribution < 1.29 is 28.6 Å². The third kappa shape index (κ3) is 5.26. The van der Waals surface area contributed by atoms with E-state index in [4.69, 9.17) is 9.47 Å². The van der Waals surface area contributed by atoms with Gasteiger partial charge in [0.25, 0.3) is 0 Å². The number of methoxy groups -OCH3 is 1. The topological polar surface area (TPSA) is 85.7 Å². The highest BCUT2D eigenvalue weighted by molar-refractivity contribution is 5.98. The van der Waals surface area contributed by atoms with Crippen LogP contribution in [-0.4, -0.2) is 35.1 Å². The lowest BCUT2D eigenvalue weighted by atomic mass is 9.96. The van der Waals surface area contributed by atoms with Crippen LogP contribution in [0.5, 0.6) is 11.5 Å². The molecule has 0 bridgehead atoms. The van der Waals surface area contributed by atoms with E-state index in [1.165, 1.54) is 31.5 Å². The molecule has 1 heterocycles. The van der Waals surface area contributed by atoms with E-state index in [-0.39, 0.29) is 41.8 Å². The molecule has 0 aliphatic rings. The Balaban J connectivity index is 1.90. The van der Waals surface area contributed by atoms with Crippen molar-refractivity contribution in [3.8, 4) is 11.5 Å². The molecule has 0 fully saturated rings. The third-order valence-corrected chi connectivity index (χ3v) is 4.34. The number of esters is 1. The molecule has 1 N–H and O–H groups in total. The molecular weight excluding hydrogens is 353 g/mol. The Morgan fingerprint density at radius 3 is 2.44 bits per heavy atom. The number of aromatic nitrogens is 1. The molecule has 7 heteroatoms. The number of ether oxygens (including phenoxy) is 2. The minimum Gasteiger partial charge on any atom is -0.503 e. The lowest BCUT2D eigenvalue weighted by Gasteiger charge is -2.20. The van der Waals surface area contributed by atoms with Gasteiger partial charge in [-0.15, -0.1) is 0 Å². The maximum Gasteiger partial charge on any atom is 0.306 e. The van der Waals surface area contributed by atoms with Gasteiger partial charge in [0.1, 0.15) is 11.9 Å². The number of aromatic hydroxyl groups is 1. The van der Waals surface area contributed by atoms with Crippen molar-refractivity contribution in [3.63, 3.8) is 0 Å². The molecule has 0 saturated heterocycles. The maximum atomic E-state index is 13.0. The standard InChI is InChI=1S/C20H22FNO5/c1-12(14-4-6-15(21)7-5-14)13(2)27-18(24)9-8-16(23)19-20(25)17(26-3)10-11-22-19/h4-7,10-13,25H,8-9H2,1-3H3/t12-,13+/m0/s1. The van der Waals surface area contributed by atoms with E-state index in [0.717, 1.165) is 5.56 Å². The molecule has 1 aromatic carbocycles. The highest BCUT2D eigenvalue weighted by Crippen LogP contribution is 2.28. The van der Waals surface area contributed by atoms with Crippen molar-refractivity contribution in [1.82, 2.24) is 4.98 Å². The van der Waals surface area contributed by atoms with Crippen LogP contribution in [-0.2, 0) is 9.53 Å². The molecule has 27 heavy (non-hydrogen) atoms. The number of hydrogen-bond acceptors (Lipinski definition) is 6. The van der Waals surface area contributed by atoms with Crippen LogP contribution in [0.2, 0.25) is 0 Å². The SMILES string of the molecule is COc1ccnc(C(=O)CCC(=O)O[C@H](C)[C@H](C)c2ccc(F)cc2)c1O. The molecule has 2 aromatic rings. The van der Waals surface area contributed by atoms with E-state index >= 15 is 0 Å². The fraction of sp³-hybridized carbons (Fsp3) is 0.350. The summed E-state index contributed by atoms with van der Waals surface area (Å²) in [6, 6.07) is 7.42. The summed E-state index contributed by atoms with van der Waals surface area (Å²) in [4.78, 5) is 28.1. The van der Waals surface area contributed by atoms with Crippen molar-refractivity contribution in [1.29, 1.82) is 0 Å². The van der Waals surface area contributed by atoms with E-state index < -0.39 is 17.9 Å². The molecular formula is C20H22FNO5. The summed E-state index contributed by atoms with van der Waals surface area (Å²) in [5, 5.41) is 9.94. The molecule has 144 valence electrons. The predicted octanol–water partition coefficient (Wildman–Crippen LogP) is 3.63. The summed E-state index contributed by atoms with van der Waals surface area (Å²) in [5.41, 5.74) is 0.702. The van der Waals surface area contributed by atoms with Gasteiger partial charge >= 0.3 is 5.97 Å². The van der Waals surface area contributed by atoms with Gasteiger partial charge in [0.15, 0.2) is 23.0 Å². The fourth-order valence-electron chi connectivity index (χ4n) is 2.54. The minimum absolute atomic E-state index is 0.130. The van der Waals surface area contributed by atoms with Gasteiger partial charge in [-0.1, -0.05) is 19.1 Å². The number of benzene rings is 1. The largest absolute Gasteiger partial charge is 0.503 e. The number of carbonyl (C=O) groups is 2. The Morgan fingerprint density at radius 2 is 1.81 bits per heavy atom. The molecule has 0 aliphatic carbocycles. The van der Waals surface area contributed by atoms with E-state index in [1.54, 1.807) is 19.1 Å². The molecule has 0 unspecified atom stereocenters. The van der Waals surface area contributed by atoms with Gasteiger partial charge in [-0.2, -0.15) is 0 Å². The maximum absolute atomic E-state index is 13.0. The fourth-order valence-corrected chi connectivity index (χ4v) is 2.54. The van der Waals surface area contributed by atoms with Crippen molar-refractivity contribution in [2.45, 2.75) is 38.7 Å². The number of carbonyl (C=O) groups excluding carboxylic acids is 2. The van der Waals surface area contributed by atoms with Crippen LogP contribution < -0.4 is 4.74 Å². The molecule has 0 saturated carbocycles. The lowest BCUT2D eigenvalue weighted by Crippen LogP contribution is -2.21. The van der Waals surface area contributed by atoms with Crippen LogP contribution in [0.1, 0.15) is 48.7 Å². The molecule has 0 aliphatic heterocycles. The number of halogens is 1. The summed E-state index contributed by atoms with van der Waals surface area (Å²) in [7, 11) is 1.37. The molecule has 0 radical (unpaired) electrons. The second-order valence-electron chi connectivity index (χ2n) is 6.17. The highest BCUT2D eigenvalue weighted by Gasteiger charge is 2.21. The molecule has 0 spiro atoms. The molecule has 2 atom stereocenters. The van der Waals surface area contributed by atoms with Gasteiger partial charge in [0, 0.05) is 24.6 Å². The highest BCUT2D eigenvalue weighted by atomic mass is 19.1. The number of Topliss-reactive ketones (excluding diaryl/α,β-unsaturated/α-hetero) is 1. The quantitative estimate of drug-likeness (QED) is 0.560. The van der Waals surface area contributed by atoms with Crippen molar-refractivity contribution in [3.05, 3.63) is 53.6 Å². The van der Waals surface area contributed by atoms with Crippen LogP contribution in [0.4, 0.5) is 4.39 Å². The molecule has 6 nitrogen and oxygen atoms in total. The summed E-state index contributed by atoms with van der Waals surface area (Å²) in [6.45, 7) is 3.61. The summed E-state index contributed by atoms with van der Waals surface area (Å²) in [6.07, 6.45) is 0.611. The van der Waals surface area contributed by atoms with E-state index in [9.17, 15) is 19.1 Å². The first-order valence-corrected chi connectivity index (χ1v) is 8.53. The Morgan fingerprint density at radius 1 is 1.15 bits per heavy atom. The van der Waals surface area contributed by atoms with Crippen LogP contribution in [0.25, 0.3) is 0 Å². The van der Waals surface area contributed by atoms with Gasteiger partial charge in [0.05, 0.1) is 13.5 Å². The number of ketones is 1.